The molecule has 0 unspecified atom stereocenters. The van der Waals surface area contributed by atoms with E-state index in [0.29, 0.717) is 0 Å². The summed E-state index contributed by atoms with van der Waals surface area (Å²) in [5.41, 5.74) is 0. The summed E-state index contributed by atoms with van der Waals surface area (Å²) < 4.78 is 0. The fraction of sp³-hybridized carbons (Fsp3) is 0. The van der Waals surface area contributed by atoms with Crippen LogP contribution >= 0.6 is 0 Å². The monoisotopic (exact) mass is 88.0 g/mol. The van der Waals surface area contributed by atoms with Gasteiger partial charge >= 0.3 is 30.4 Å². The second kappa shape index (κ2) is 4.71. The molecule has 0 aliphatic rings. The van der Waals surface area contributed by atoms with Crippen LogP contribution in [0.15, 0.2) is 0 Å². The fourth-order valence-corrected chi connectivity index (χ4v) is 0. The Morgan fingerprint density at radius 2 is 1.20 bits per heavy atom. The van der Waals surface area contributed by atoms with Crippen molar-refractivity contribution in [2.24, 2.45) is 0 Å². The Bertz CT molecular complexity index is 17.7. The standard InChI is InChI=1S/BH3O3.Mg.2H/c2-1(3)4;;;/h2-4H;;;/q;+2;2*-1. The van der Waals surface area contributed by atoms with Crippen molar-refractivity contribution >= 4 is 30.4 Å². The van der Waals surface area contributed by atoms with Crippen LogP contribution in [0.5, 0.6) is 0 Å². The van der Waals surface area contributed by atoms with Crippen molar-refractivity contribution in [3.05, 3.63) is 0 Å². The SMILES string of the molecule is OB(O)O.[H-].[H-].[Mg+2]. The molecule has 0 aliphatic heterocycles. The predicted octanol–water partition coefficient (Wildman–Crippen LogP) is -2.21. The van der Waals surface area contributed by atoms with Crippen LogP contribution in [0.1, 0.15) is 2.85 Å². The molecule has 0 atom stereocenters. The quantitative estimate of drug-likeness (QED) is 0.294. The summed E-state index contributed by atoms with van der Waals surface area (Å²) in [4.78, 5) is 0. The van der Waals surface area contributed by atoms with Gasteiger partial charge in [-0.15, -0.1) is 0 Å². The molecule has 5 heavy (non-hydrogen) atoms. The van der Waals surface area contributed by atoms with Crippen LogP contribution in [-0.4, -0.2) is 45.4 Å². The van der Waals surface area contributed by atoms with Crippen molar-refractivity contribution in [1.82, 2.24) is 0 Å². The molecule has 3 nitrogen and oxygen atoms in total. The van der Waals surface area contributed by atoms with Gasteiger partial charge in [-0.25, -0.2) is 0 Å². The zero-order chi connectivity index (χ0) is 3.58. The third-order valence-corrected chi connectivity index (χ3v) is 0. The van der Waals surface area contributed by atoms with Crippen LogP contribution in [0.25, 0.3) is 0 Å². The minimum atomic E-state index is -2.17. The largest absolute Gasteiger partial charge is 2.00 e. The Hall–Kier alpha value is 0.711. The van der Waals surface area contributed by atoms with E-state index in [1.807, 2.05) is 0 Å². The molecule has 0 aromatic heterocycles. The smallest absolute Gasteiger partial charge is 1.00 e. The molecule has 0 saturated carbocycles. The van der Waals surface area contributed by atoms with Crippen LogP contribution < -0.4 is 0 Å². The number of hydrogen-bond donors (Lipinski definition) is 3. The van der Waals surface area contributed by atoms with E-state index in [0.717, 1.165) is 0 Å². The van der Waals surface area contributed by atoms with Gasteiger partial charge in [0.15, 0.2) is 0 Å². The van der Waals surface area contributed by atoms with Gasteiger partial charge in [0.1, 0.15) is 0 Å². The van der Waals surface area contributed by atoms with E-state index >= 15 is 0 Å². The van der Waals surface area contributed by atoms with Crippen LogP contribution in [-0.2, 0) is 0 Å². The van der Waals surface area contributed by atoms with Crippen LogP contribution in [0.2, 0.25) is 0 Å². The Balaban J connectivity index is -0.0000000150. The normalized spacial score (nSPS) is 5.40. The van der Waals surface area contributed by atoms with Crippen LogP contribution in [0, 0.1) is 0 Å². The number of hydrogen-bond acceptors (Lipinski definition) is 3. The maximum atomic E-state index is 7.17. The molecule has 0 aromatic carbocycles. The Labute approximate surface area is 48.9 Å². The number of rotatable bonds is 0. The minimum Gasteiger partial charge on any atom is -1.00 e. The topological polar surface area (TPSA) is 60.7 Å². The maximum absolute atomic E-state index is 7.17. The summed E-state index contributed by atoms with van der Waals surface area (Å²) in [7, 11) is -2.17. The molecule has 0 spiro atoms. The molecule has 0 fully saturated rings. The fourth-order valence-electron chi connectivity index (χ4n) is 0. The first-order valence-electron chi connectivity index (χ1n) is 0.775. The van der Waals surface area contributed by atoms with Crippen molar-refractivity contribution in [3.8, 4) is 0 Å². The molecule has 0 radical (unpaired) electrons. The van der Waals surface area contributed by atoms with Crippen molar-refractivity contribution in [2.45, 2.75) is 0 Å². The van der Waals surface area contributed by atoms with Gasteiger partial charge < -0.3 is 17.9 Å². The molecule has 28 valence electrons. The first-order chi connectivity index (χ1) is 1.73. The van der Waals surface area contributed by atoms with E-state index in [1.165, 1.54) is 0 Å². The van der Waals surface area contributed by atoms with Crippen LogP contribution in [0.3, 0.4) is 0 Å². The van der Waals surface area contributed by atoms with Crippen molar-refractivity contribution in [1.29, 1.82) is 0 Å². The molecular weight excluding hydrogens is 83.1 g/mol. The van der Waals surface area contributed by atoms with Crippen molar-refractivity contribution < 1.29 is 17.9 Å². The summed E-state index contributed by atoms with van der Waals surface area (Å²) in [5.74, 6) is 0. The van der Waals surface area contributed by atoms with Crippen molar-refractivity contribution in [2.75, 3.05) is 0 Å². The molecule has 0 aliphatic carbocycles. The summed E-state index contributed by atoms with van der Waals surface area (Å²) in [6, 6.07) is 0. The van der Waals surface area contributed by atoms with Gasteiger partial charge in [-0.3, -0.25) is 0 Å². The minimum absolute atomic E-state index is 0. The zero-order valence-electron chi connectivity index (χ0n) is 4.63. The summed E-state index contributed by atoms with van der Waals surface area (Å²) in [5, 5.41) is 21.5. The second-order valence-electron chi connectivity index (χ2n) is 0.346. The molecule has 0 saturated heterocycles. The van der Waals surface area contributed by atoms with Gasteiger partial charge in [-0.05, 0) is 0 Å². The maximum Gasteiger partial charge on any atom is 2.00 e. The third kappa shape index (κ3) is 68.5. The molecule has 3 N–H and O–H groups in total. The summed E-state index contributed by atoms with van der Waals surface area (Å²) >= 11 is 0. The van der Waals surface area contributed by atoms with E-state index in [-0.39, 0.29) is 25.9 Å². The Morgan fingerprint density at radius 1 is 1.20 bits per heavy atom. The molecule has 5 heteroatoms. The van der Waals surface area contributed by atoms with Gasteiger partial charge in [-0.1, -0.05) is 0 Å². The first-order valence-corrected chi connectivity index (χ1v) is 0.775. The molecule has 0 aromatic rings. The van der Waals surface area contributed by atoms with E-state index in [1.54, 1.807) is 0 Å². The first kappa shape index (κ1) is 9.20. The van der Waals surface area contributed by atoms with Gasteiger partial charge in [0.2, 0.25) is 0 Å². The predicted molar refractivity (Wildman–Crippen MR) is 20.4 cm³/mol. The van der Waals surface area contributed by atoms with Gasteiger partial charge in [-0.2, -0.15) is 0 Å². The molecule has 0 rings (SSSR count). The van der Waals surface area contributed by atoms with Crippen LogP contribution in [0.4, 0.5) is 0 Å². The molecule has 0 bridgehead atoms. The van der Waals surface area contributed by atoms with Gasteiger partial charge in [0.25, 0.3) is 0 Å². The molecule has 0 heterocycles. The second-order valence-corrected chi connectivity index (χ2v) is 0.346. The van der Waals surface area contributed by atoms with E-state index in [9.17, 15) is 0 Å². The average molecular weight is 88.2 g/mol. The molecule has 0 amide bonds. The van der Waals surface area contributed by atoms with Crippen molar-refractivity contribution in [3.63, 3.8) is 0 Å². The van der Waals surface area contributed by atoms with E-state index in [2.05, 4.69) is 0 Å². The van der Waals surface area contributed by atoms with E-state index < -0.39 is 7.32 Å². The summed E-state index contributed by atoms with van der Waals surface area (Å²) in [6.07, 6.45) is 0. The molecular formula is H5BMgO3. The van der Waals surface area contributed by atoms with Gasteiger partial charge in [0.05, 0.1) is 0 Å². The average Bonchev–Trinajstić information content (AvgIpc) is 0.811. The van der Waals surface area contributed by atoms with E-state index in [4.69, 9.17) is 15.1 Å². The zero-order valence-corrected chi connectivity index (χ0v) is 4.04. The summed E-state index contributed by atoms with van der Waals surface area (Å²) in [6.45, 7) is 0. The Kier molecular flexibility index (Phi) is 8.67. The third-order valence-electron chi connectivity index (χ3n) is 0. The Morgan fingerprint density at radius 3 is 1.20 bits per heavy atom. The van der Waals surface area contributed by atoms with Gasteiger partial charge in [0, 0.05) is 0 Å².